The standard InChI is InChI=1S/C13H10ClF2N3O/c14-10-4-7(15)5-11(16)12(10)19-13(20)18-9-3-1-2-8(17)6-9/h1-6H,17H2,(H2,18,19,20). The molecule has 4 nitrogen and oxygen atoms in total. The molecule has 2 rings (SSSR count). The summed E-state index contributed by atoms with van der Waals surface area (Å²) < 4.78 is 26.4. The molecule has 0 heterocycles. The van der Waals surface area contributed by atoms with Crippen molar-refractivity contribution in [1.29, 1.82) is 0 Å². The first-order valence-electron chi connectivity index (χ1n) is 5.54. The molecule has 7 heteroatoms. The number of halogens is 3. The Balaban J connectivity index is 2.13. The zero-order chi connectivity index (χ0) is 14.7. The van der Waals surface area contributed by atoms with E-state index in [2.05, 4.69) is 10.6 Å². The number of carbonyl (C=O) groups excluding carboxylic acids is 1. The predicted octanol–water partition coefficient (Wildman–Crippen LogP) is 3.84. The number of nitrogens with one attached hydrogen (secondary N) is 2. The molecule has 0 aliphatic carbocycles. The molecule has 0 unspecified atom stereocenters. The first-order chi connectivity index (χ1) is 9.45. The quantitative estimate of drug-likeness (QED) is 0.737. The van der Waals surface area contributed by atoms with E-state index in [1.165, 1.54) is 6.07 Å². The van der Waals surface area contributed by atoms with Crippen molar-refractivity contribution in [3.8, 4) is 0 Å². The third-order valence-electron chi connectivity index (χ3n) is 2.39. The summed E-state index contributed by atoms with van der Waals surface area (Å²) in [5.74, 6) is -1.79. The number of hydrogen-bond acceptors (Lipinski definition) is 2. The summed E-state index contributed by atoms with van der Waals surface area (Å²) in [5, 5.41) is 4.43. The van der Waals surface area contributed by atoms with Crippen molar-refractivity contribution in [3.05, 3.63) is 53.1 Å². The Morgan fingerprint density at radius 2 is 1.90 bits per heavy atom. The Labute approximate surface area is 118 Å². The highest BCUT2D eigenvalue weighted by atomic mass is 35.5. The fraction of sp³-hybridized carbons (Fsp3) is 0. The van der Waals surface area contributed by atoms with Crippen LogP contribution in [0.25, 0.3) is 0 Å². The zero-order valence-corrected chi connectivity index (χ0v) is 10.8. The second-order valence-electron chi connectivity index (χ2n) is 3.95. The number of nitrogen functional groups attached to an aromatic ring is 1. The van der Waals surface area contributed by atoms with Crippen LogP contribution in [0.1, 0.15) is 0 Å². The van der Waals surface area contributed by atoms with Crippen LogP contribution in [0.2, 0.25) is 5.02 Å². The zero-order valence-electron chi connectivity index (χ0n) is 10.1. The smallest absolute Gasteiger partial charge is 0.323 e. The van der Waals surface area contributed by atoms with Crippen LogP contribution >= 0.6 is 11.6 Å². The van der Waals surface area contributed by atoms with Crippen molar-refractivity contribution in [1.82, 2.24) is 0 Å². The number of carbonyl (C=O) groups is 1. The summed E-state index contributed by atoms with van der Waals surface area (Å²) >= 11 is 5.66. The molecule has 0 aliphatic rings. The summed E-state index contributed by atoms with van der Waals surface area (Å²) in [6.07, 6.45) is 0. The van der Waals surface area contributed by atoms with E-state index in [0.717, 1.165) is 6.07 Å². The lowest BCUT2D eigenvalue weighted by molar-refractivity contribution is 0.262. The van der Waals surface area contributed by atoms with Gasteiger partial charge in [-0.05, 0) is 24.3 Å². The lowest BCUT2D eigenvalue weighted by Crippen LogP contribution is -2.20. The minimum absolute atomic E-state index is 0.231. The van der Waals surface area contributed by atoms with Gasteiger partial charge in [-0.25, -0.2) is 13.6 Å². The van der Waals surface area contributed by atoms with Crippen LogP contribution in [0.15, 0.2) is 36.4 Å². The lowest BCUT2D eigenvalue weighted by atomic mass is 10.3. The van der Waals surface area contributed by atoms with E-state index in [0.29, 0.717) is 17.4 Å². The molecular weight excluding hydrogens is 288 g/mol. The molecule has 0 saturated heterocycles. The van der Waals surface area contributed by atoms with Gasteiger partial charge in [-0.3, -0.25) is 0 Å². The van der Waals surface area contributed by atoms with Gasteiger partial charge in [0.2, 0.25) is 0 Å². The van der Waals surface area contributed by atoms with Crippen molar-refractivity contribution >= 4 is 34.7 Å². The number of urea groups is 1. The van der Waals surface area contributed by atoms with Crippen molar-refractivity contribution < 1.29 is 13.6 Å². The van der Waals surface area contributed by atoms with E-state index >= 15 is 0 Å². The highest BCUT2D eigenvalue weighted by Crippen LogP contribution is 2.26. The summed E-state index contributed by atoms with van der Waals surface area (Å²) in [7, 11) is 0. The van der Waals surface area contributed by atoms with Crippen molar-refractivity contribution in [2.75, 3.05) is 16.4 Å². The second kappa shape index (κ2) is 5.75. The molecule has 0 atom stereocenters. The fourth-order valence-electron chi connectivity index (χ4n) is 1.55. The second-order valence-corrected chi connectivity index (χ2v) is 4.36. The SMILES string of the molecule is Nc1cccc(NC(=O)Nc2c(F)cc(F)cc2Cl)c1. The molecule has 104 valence electrons. The topological polar surface area (TPSA) is 67.1 Å². The maximum absolute atomic E-state index is 13.5. The van der Waals surface area contributed by atoms with E-state index in [1.54, 1.807) is 18.2 Å². The van der Waals surface area contributed by atoms with Crippen LogP contribution < -0.4 is 16.4 Å². The van der Waals surface area contributed by atoms with Crippen molar-refractivity contribution in [2.24, 2.45) is 0 Å². The fourth-order valence-corrected chi connectivity index (χ4v) is 1.80. The number of benzene rings is 2. The third kappa shape index (κ3) is 3.36. The Bertz CT molecular complexity index is 641. The molecule has 4 N–H and O–H groups in total. The van der Waals surface area contributed by atoms with Gasteiger partial charge in [-0.15, -0.1) is 0 Å². The minimum Gasteiger partial charge on any atom is -0.399 e. The molecule has 2 amide bonds. The highest BCUT2D eigenvalue weighted by molar-refractivity contribution is 6.33. The van der Waals surface area contributed by atoms with Crippen LogP contribution in [-0.4, -0.2) is 6.03 Å². The van der Waals surface area contributed by atoms with Gasteiger partial charge in [0.05, 0.1) is 10.7 Å². The molecule has 0 bridgehead atoms. The van der Waals surface area contributed by atoms with E-state index in [-0.39, 0.29) is 10.7 Å². The molecule has 0 aliphatic heterocycles. The van der Waals surface area contributed by atoms with Crippen LogP contribution in [0.3, 0.4) is 0 Å². The third-order valence-corrected chi connectivity index (χ3v) is 2.69. The van der Waals surface area contributed by atoms with Gasteiger partial charge in [-0.2, -0.15) is 0 Å². The first-order valence-corrected chi connectivity index (χ1v) is 5.91. The number of anilines is 3. The molecule has 2 aromatic carbocycles. The molecule has 0 aromatic heterocycles. The predicted molar refractivity (Wildman–Crippen MR) is 74.9 cm³/mol. The van der Waals surface area contributed by atoms with Crippen LogP contribution in [0, 0.1) is 11.6 Å². The molecule has 0 spiro atoms. The number of rotatable bonds is 2. The molecule has 0 radical (unpaired) electrons. The van der Waals surface area contributed by atoms with Crippen molar-refractivity contribution in [2.45, 2.75) is 0 Å². The van der Waals surface area contributed by atoms with E-state index in [4.69, 9.17) is 17.3 Å². The van der Waals surface area contributed by atoms with Crippen molar-refractivity contribution in [3.63, 3.8) is 0 Å². The minimum atomic E-state index is -0.960. The van der Waals surface area contributed by atoms with Gasteiger partial charge < -0.3 is 16.4 Å². The maximum atomic E-state index is 13.5. The Kier molecular flexibility index (Phi) is 4.05. The Morgan fingerprint density at radius 3 is 2.55 bits per heavy atom. The van der Waals surface area contributed by atoms with Gasteiger partial charge in [0.15, 0.2) is 5.82 Å². The summed E-state index contributed by atoms with van der Waals surface area (Å²) in [5.41, 5.74) is 6.16. The van der Waals surface area contributed by atoms with Crippen LogP contribution in [-0.2, 0) is 0 Å². The molecular formula is C13H10ClF2N3O. The Morgan fingerprint density at radius 1 is 1.15 bits per heavy atom. The highest BCUT2D eigenvalue weighted by Gasteiger charge is 2.13. The molecule has 20 heavy (non-hydrogen) atoms. The Hall–Kier alpha value is -2.34. The monoisotopic (exact) mass is 297 g/mol. The van der Waals surface area contributed by atoms with Gasteiger partial charge in [0.1, 0.15) is 5.82 Å². The molecule has 0 saturated carbocycles. The summed E-state index contributed by atoms with van der Waals surface area (Å²) in [6.45, 7) is 0. The van der Waals surface area contributed by atoms with Crippen LogP contribution in [0.4, 0.5) is 30.6 Å². The first kappa shape index (κ1) is 14.1. The van der Waals surface area contributed by atoms with Gasteiger partial charge >= 0.3 is 6.03 Å². The van der Waals surface area contributed by atoms with Gasteiger partial charge in [0, 0.05) is 17.4 Å². The van der Waals surface area contributed by atoms with Gasteiger partial charge in [0.25, 0.3) is 0 Å². The van der Waals surface area contributed by atoms with E-state index < -0.39 is 17.7 Å². The van der Waals surface area contributed by atoms with Gasteiger partial charge in [-0.1, -0.05) is 17.7 Å². The average Bonchev–Trinajstić information content (AvgIpc) is 2.33. The van der Waals surface area contributed by atoms with E-state index in [9.17, 15) is 13.6 Å². The number of nitrogens with two attached hydrogens (primary N) is 1. The summed E-state index contributed by atoms with van der Waals surface area (Å²) in [6, 6.07) is 7.25. The lowest BCUT2D eigenvalue weighted by Gasteiger charge is -2.10. The molecule has 2 aromatic rings. The summed E-state index contributed by atoms with van der Waals surface area (Å²) in [4.78, 5) is 11.7. The number of amides is 2. The average molecular weight is 298 g/mol. The molecule has 0 fully saturated rings. The maximum Gasteiger partial charge on any atom is 0.323 e. The van der Waals surface area contributed by atoms with Crippen LogP contribution in [0.5, 0.6) is 0 Å². The van der Waals surface area contributed by atoms with E-state index in [1.807, 2.05) is 0 Å². The number of hydrogen-bond donors (Lipinski definition) is 3. The normalized spacial score (nSPS) is 10.2. The largest absolute Gasteiger partial charge is 0.399 e.